The van der Waals surface area contributed by atoms with E-state index in [2.05, 4.69) is 0 Å². The van der Waals surface area contributed by atoms with Crippen LogP contribution in [0.5, 0.6) is 5.75 Å². The van der Waals surface area contributed by atoms with Crippen LogP contribution in [0.25, 0.3) is 0 Å². The molecule has 98 valence electrons. The molecule has 0 aromatic heterocycles. The first kappa shape index (κ1) is 14.1. The lowest BCUT2D eigenvalue weighted by atomic mass is 9.99. The number of carbonyl (C=O) groups excluding carboxylic acids is 2. The fraction of sp³-hybridized carbons (Fsp3) is 0.333. The summed E-state index contributed by atoms with van der Waals surface area (Å²) in [6.07, 6.45) is -3.11. The Balaban J connectivity index is 2.93. The largest absolute Gasteiger partial charge is 0.507 e. The summed E-state index contributed by atoms with van der Waals surface area (Å²) in [5, 5.41) is 28.8. The van der Waals surface area contributed by atoms with Crippen molar-refractivity contribution in [1.29, 1.82) is 0 Å². The minimum absolute atomic E-state index is 0.121. The monoisotopic (exact) mass is 253 g/mol. The third kappa shape index (κ3) is 3.28. The lowest BCUT2D eigenvalue weighted by Gasteiger charge is -2.17. The Morgan fingerprint density at radius 1 is 1.33 bits per heavy atom. The summed E-state index contributed by atoms with van der Waals surface area (Å²) in [4.78, 5) is 21.7. The van der Waals surface area contributed by atoms with Crippen LogP contribution in [0.4, 0.5) is 0 Å². The minimum atomic E-state index is -1.36. The SMILES string of the molecule is CC(=O)c1ccc(C(O)C(O)CC(N)=O)cc1O. The first-order valence-corrected chi connectivity index (χ1v) is 5.31. The summed E-state index contributed by atoms with van der Waals surface area (Å²) >= 11 is 0. The molecular weight excluding hydrogens is 238 g/mol. The van der Waals surface area contributed by atoms with Crippen LogP contribution in [0.3, 0.4) is 0 Å². The van der Waals surface area contributed by atoms with Gasteiger partial charge in [-0.15, -0.1) is 0 Å². The zero-order valence-electron chi connectivity index (χ0n) is 9.83. The number of amides is 1. The number of aliphatic hydroxyl groups excluding tert-OH is 2. The summed E-state index contributed by atoms with van der Waals surface area (Å²) in [6.45, 7) is 1.30. The molecule has 2 atom stereocenters. The number of primary amides is 1. The number of aliphatic hydroxyl groups is 2. The van der Waals surface area contributed by atoms with Crippen molar-refractivity contribution >= 4 is 11.7 Å². The molecule has 0 aliphatic carbocycles. The Kier molecular flexibility index (Phi) is 4.41. The third-order valence-corrected chi connectivity index (χ3v) is 2.52. The minimum Gasteiger partial charge on any atom is -0.507 e. The Bertz CT molecular complexity index is 472. The molecule has 0 heterocycles. The van der Waals surface area contributed by atoms with Crippen molar-refractivity contribution in [2.24, 2.45) is 5.73 Å². The highest BCUT2D eigenvalue weighted by Crippen LogP contribution is 2.25. The van der Waals surface area contributed by atoms with Gasteiger partial charge in [0.2, 0.25) is 5.91 Å². The maximum atomic E-state index is 11.1. The molecule has 6 heteroatoms. The maximum absolute atomic E-state index is 11.1. The maximum Gasteiger partial charge on any atom is 0.220 e. The summed E-state index contributed by atoms with van der Waals surface area (Å²) in [5.74, 6) is -1.34. The fourth-order valence-corrected chi connectivity index (χ4v) is 1.57. The van der Waals surface area contributed by atoms with E-state index in [1.54, 1.807) is 0 Å². The molecule has 0 aliphatic heterocycles. The Morgan fingerprint density at radius 2 is 1.94 bits per heavy atom. The molecule has 0 aliphatic rings. The summed E-state index contributed by atoms with van der Waals surface area (Å²) in [7, 11) is 0. The lowest BCUT2D eigenvalue weighted by Crippen LogP contribution is -2.25. The van der Waals surface area contributed by atoms with E-state index in [1.165, 1.54) is 25.1 Å². The van der Waals surface area contributed by atoms with Crippen LogP contribution >= 0.6 is 0 Å². The van der Waals surface area contributed by atoms with Gasteiger partial charge in [-0.3, -0.25) is 9.59 Å². The molecule has 0 bridgehead atoms. The van der Waals surface area contributed by atoms with Crippen molar-refractivity contribution < 1.29 is 24.9 Å². The first-order chi connectivity index (χ1) is 8.32. The first-order valence-electron chi connectivity index (χ1n) is 5.31. The molecule has 0 radical (unpaired) electrons. The van der Waals surface area contributed by atoms with E-state index in [1.807, 2.05) is 0 Å². The number of rotatable bonds is 5. The van der Waals surface area contributed by atoms with Crippen LogP contribution in [0, 0.1) is 0 Å². The Labute approximate surface area is 104 Å². The van der Waals surface area contributed by atoms with E-state index >= 15 is 0 Å². The van der Waals surface area contributed by atoms with E-state index in [-0.39, 0.29) is 22.7 Å². The zero-order valence-corrected chi connectivity index (χ0v) is 9.83. The smallest absolute Gasteiger partial charge is 0.220 e. The van der Waals surface area contributed by atoms with E-state index in [0.717, 1.165) is 0 Å². The molecule has 0 spiro atoms. The summed E-state index contributed by atoms with van der Waals surface area (Å²) < 4.78 is 0. The molecule has 1 rings (SSSR count). The number of benzene rings is 1. The van der Waals surface area contributed by atoms with Crippen LogP contribution in [0.2, 0.25) is 0 Å². The van der Waals surface area contributed by atoms with Gasteiger partial charge in [0.15, 0.2) is 5.78 Å². The van der Waals surface area contributed by atoms with E-state index < -0.39 is 24.5 Å². The lowest BCUT2D eigenvalue weighted by molar-refractivity contribution is -0.121. The van der Waals surface area contributed by atoms with Crippen molar-refractivity contribution in [3.63, 3.8) is 0 Å². The standard InChI is InChI=1S/C12H15NO5/c1-6(14)8-3-2-7(4-9(8)15)12(18)10(16)5-11(13)17/h2-4,10,12,15-16,18H,5H2,1H3,(H2,13,17). The molecule has 1 aromatic carbocycles. The molecule has 0 fully saturated rings. The van der Waals surface area contributed by atoms with Crippen LogP contribution in [0.15, 0.2) is 18.2 Å². The number of aromatic hydroxyl groups is 1. The average Bonchev–Trinajstić information content (AvgIpc) is 2.26. The molecule has 0 saturated heterocycles. The molecule has 18 heavy (non-hydrogen) atoms. The number of ketones is 1. The van der Waals surface area contributed by atoms with Crippen LogP contribution in [0.1, 0.15) is 35.4 Å². The number of nitrogens with two attached hydrogens (primary N) is 1. The van der Waals surface area contributed by atoms with Gasteiger partial charge in [0.25, 0.3) is 0 Å². The van der Waals surface area contributed by atoms with Crippen LogP contribution < -0.4 is 5.73 Å². The summed E-state index contributed by atoms with van der Waals surface area (Å²) in [5.41, 5.74) is 5.22. The molecule has 5 N–H and O–H groups in total. The summed E-state index contributed by atoms with van der Waals surface area (Å²) in [6, 6.07) is 3.91. The molecule has 6 nitrogen and oxygen atoms in total. The predicted octanol–water partition coefficient (Wildman–Crippen LogP) is -0.136. The quantitative estimate of drug-likeness (QED) is 0.544. The second-order valence-corrected chi connectivity index (χ2v) is 4.02. The average molecular weight is 253 g/mol. The van der Waals surface area contributed by atoms with Gasteiger partial charge in [-0.05, 0) is 24.6 Å². The number of Topliss-reactive ketones (excluding diaryl/α,β-unsaturated/α-hetero) is 1. The number of phenols is 1. The van der Waals surface area contributed by atoms with Crippen molar-refractivity contribution in [2.45, 2.75) is 25.6 Å². The van der Waals surface area contributed by atoms with E-state index in [4.69, 9.17) is 5.73 Å². The Morgan fingerprint density at radius 3 is 2.39 bits per heavy atom. The van der Waals surface area contributed by atoms with E-state index in [9.17, 15) is 24.9 Å². The molecule has 1 amide bonds. The molecule has 1 aromatic rings. The van der Waals surface area contributed by atoms with Crippen molar-refractivity contribution in [1.82, 2.24) is 0 Å². The fourth-order valence-electron chi connectivity index (χ4n) is 1.57. The third-order valence-electron chi connectivity index (χ3n) is 2.52. The highest BCUT2D eigenvalue weighted by atomic mass is 16.3. The molecular formula is C12H15NO5. The van der Waals surface area contributed by atoms with Gasteiger partial charge in [-0.2, -0.15) is 0 Å². The number of phenolic OH excluding ortho intramolecular Hbond substituents is 1. The normalized spacial score (nSPS) is 13.9. The second-order valence-electron chi connectivity index (χ2n) is 4.02. The number of carbonyl (C=O) groups is 2. The van der Waals surface area contributed by atoms with Gasteiger partial charge < -0.3 is 21.1 Å². The topological polar surface area (TPSA) is 121 Å². The van der Waals surface area contributed by atoms with E-state index in [0.29, 0.717) is 0 Å². The van der Waals surface area contributed by atoms with Gasteiger partial charge in [-0.1, -0.05) is 6.07 Å². The van der Waals surface area contributed by atoms with Gasteiger partial charge in [-0.25, -0.2) is 0 Å². The van der Waals surface area contributed by atoms with Crippen LogP contribution in [-0.4, -0.2) is 33.1 Å². The second kappa shape index (κ2) is 5.61. The van der Waals surface area contributed by atoms with Gasteiger partial charge >= 0.3 is 0 Å². The molecule has 0 saturated carbocycles. The number of hydrogen-bond acceptors (Lipinski definition) is 5. The van der Waals surface area contributed by atoms with Crippen LogP contribution in [-0.2, 0) is 4.79 Å². The highest BCUT2D eigenvalue weighted by molar-refractivity contribution is 5.96. The van der Waals surface area contributed by atoms with Gasteiger partial charge in [0.1, 0.15) is 11.9 Å². The van der Waals surface area contributed by atoms with Gasteiger partial charge in [0.05, 0.1) is 18.1 Å². The predicted molar refractivity (Wildman–Crippen MR) is 62.9 cm³/mol. The van der Waals surface area contributed by atoms with Crippen molar-refractivity contribution in [3.8, 4) is 5.75 Å². The highest BCUT2D eigenvalue weighted by Gasteiger charge is 2.21. The molecule has 2 unspecified atom stereocenters. The van der Waals surface area contributed by atoms with Crippen molar-refractivity contribution in [3.05, 3.63) is 29.3 Å². The number of hydrogen-bond donors (Lipinski definition) is 4. The Hall–Kier alpha value is -1.92. The zero-order chi connectivity index (χ0) is 13.9. The van der Waals surface area contributed by atoms with Gasteiger partial charge in [0, 0.05) is 0 Å². The van der Waals surface area contributed by atoms with Crippen molar-refractivity contribution in [2.75, 3.05) is 0 Å².